The average molecular weight is 269 g/mol. The predicted octanol–water partition coefficient (Wildman–Crippen LogP) is 1.82. The van der Waals surface area contributed by atoms with Crippen LogP contribution >= 0.6 is 0 Å². The Bertz CT molecular complexity index is 701. The Kier molecular flexibility index (Phi) is 2.95. The molecule has 0 spiro atoms. The summed E-state index contributed by atoms with van der Waals surface area (Å²) in [6.45, 7) is 0.0415. The first kappa shape index (κ1) is 12.3. The monoisotopic (exact) mass is 269 g/mol. The van der Waals surface area contributed by atoms with Gasteiger partial charge >= 0.3 is 0 Å². The van der Waals surface area contributed by atoms with Crippen LogP contribution in [0.4, 0.5) is 0 Å². The number of carbonyl (C=O) groups is 3. The van der Waals surface area contributed by atoms with Crippen molar-refractivity contribution in [2.24, 2.45) is 0 Å². The normalized spacial score (nSPS) is 14.3. The van der Waals surface area contributed by atoms with E-state index in [-0.39, 0.29) is 30.5 Å². The summed E-state index contributed by atoms with van der Waals surface area (Å²) in [5.74, 6) is -0.0101. The van der Waals surface area contributed by atoms with E-state index < -0.39 is 0 Å². The van der Waals surface area contributed by atoms with Crippen molar-refractivity contribution < 1.29 is 18.8 Å². The molecule has 5 nitrogen and oxygen atoms in total. The zero-order valence-corrected chi connectivity index (χ0v) is 10.5. The molecule has 0 atom stereocenters. The molecule has 0 aliphatic carbocycles. The lowest BCUT2D eigenvalue weighted by atomic mass is 9.98. The van der Waals surface area contributed by atoms with Crippen LogP contribution < -0.4 is 0 Å². The Labute approximate surface area is 114 Å². The molecule has 1 aromatic carbocycles. The Balaban J connectivity index is 1.89. The van der Waals surface area contributed by atoms with Crippen LogP contribution in [0.3, 0.4) is 0 Å². The first-order valence-corrected chi connectivity index (χ1v) is 6.15. The minimum Gasteiger partial charge on any atom is -0.456 e. The molecule has 0 saturated heterocycles. The minimum absolute atomic E-state index is 0.0415. The van der Waals surface area contributed by atoms with Gasteiger partial charge in [-0.2, -0.15) is 0 Å². The maximum absolute atomic E-state index is 12.3. The van der Waals surface area contributed by atoms with Crippen molar-refractivity contribution in [1.29, 1.82) is 0 Å². The summed E-state index contributed by atoms with van der Waals surface area (Å²) in [4.78, 5) is 36.1. The maximum atomic E-state index is 12.3. The number of furan rings is 1. The van der Waals surface area contributed by atoms with Crippen LogP contribution in [-0.4, -0.2) is 23.0 Å². The molecule has 3 rings (SSSR count). The van der Waals surface area contributed by atoms with E-state index >= 15 is 0 Å². The van der Waals surface area contributed by atoms with Crippen LogP contribution in [0.2, 0.25) is 0 Å². The van der Waals surface area contributed by atoms with Crippen LogP contribution in [0.1, 0.15) is 32.2 Å². The van der Waals surface area contributed by atoms with E-state index in [1.54, 1.807) is 30.3 Å². The van der Waals surface area contributed by atoms with Gasteiger partial charge in [-0.05, 0) is 23.8 Å². The van der Waals surface area contributed by atoms with E-state index in [1.807, 2.05) is 0 Å². The van der Waals surface area contributed by atoms with E-state index in [9.17, 15) is 14.4 Å². The second kappa shape index (κ2) is 4.77. The number of carbonyl (C=O) groups excluding carboxylic acids is 3. The highest BCUT2D eigenvalue weighted by atomic mass is 16.3. The summed E-state index contributed by atoms with van der Waals surface area (Å²) in [6.07, 6.45) is 0.780. The van der Waals surface area contributed by atoms with Gasteiger partial charge in [-0.15, -0.1) is 0 Å². The summed E-state index contributed by atoms with van der Waals surface area (Å²) >= 11 is 0. The van der Waals surface area contributed by atoms with Crippen LogP contribution in [-0.2, 0) is 17.8 Å². The van der Waals surface area contributed by atoms with Gasteiger partial charge < -0.3 is 4.42 Å². The molecule has 0 saturated carbocycles. The zero-order valence-electron chi connectivity index (χ0n) is 10.5. The van der Waals surface area contributed by atoms with E-state index in [2.05, 4.69) is 0 Å². The van der Waals surface area contributed by atoms with Gasteiger partial charge in [0.2, 0.25) is 5.91 Å². The van der Waals surface area contributed by atoms with Crippen LogP contribution in [0.25, 0.3) is 0 Å². The predicted molar refractivity (Wildman–Crippen MR) is 69.1 cm³/mol. The van der Waals surface area contributed by atoms with Crippen LogP contribution in [0.5, 0.6) is 0 Å². The molecule has 0 unspecified atom stereocenters. The summed E-state index contributed by atoms with van der Waals surface area (Å²) in [6, 6.07) is 10.1. The van der Waals surface area contributed by atoms with E-state index in [4.69, 9.17) is 4.42 Å². The molecule has 2 aromatic rings. The molecule has 100 valence electrons. The highest BCUT2D eigenvalue weighted by Crippen LogP contribution is 2.21. The molecule has 0 bridgehead atoms. The van der Waals surface area contributed by atoms with Gasteiger partial charge in [0.1, 0.15) is 5.76 Å². The second-order valence-electron chi connectivity index (χ2n) is 4.54. The minimum atomic E-state index is -0.332. The maximum Gasteiger partial charge on any atom is 0.261 e. The summed E-state index contributed by atoms with van der Waals surface area (Å²) in [5.41, 5.74) is 1.28. The van der Waals surface area contributed by atoms with Crippen molar-refractivity contribution in [3.63, 3.8) is 0 Å². The molecule has 20 heavy (non-hydrogen) atoms. The fraction of sp³-hybridized carbons (Fsp3) is 0.133. The molecular weight excluding hydrogens is 258 g/mol. The Hall–Kier alpha value is -2.69. The lowest BCUT2D eigenvalue weighted by Crippen LogP contribution is -2.41. The number of rotatable bonds is 3. The molecule has 5 heteroatoms. The molecule has 2 amide bonds. The molecule has 0 radical (unpaired) electrons. The molecule has 0 fully saturated rings. The van der Waals surface area contributed by atoms with Crippen molar-refractivity contribution in [2.75, 3.05) is 0 Å². The second-order valence-corrected chi connectivity index (χ2v) is 4.54. The third-order valence-corrected chi connectivity index (χ3v) is 3.25. The summed E-state index contributed by atoms with van der Waals surface area (Å²) < 4.78 is 5.21. The van der Waals surface area contributed by atoms with E-state index in [0.29, 0.717) is 17.6 Å². The zero-order chi connectivity index (χ0) is 14.1. The third-order valence-electron chi connectivity index (χ3n) is 3.25. The number of amides is 2. The van der Waals surface area contributed by atoms with Crippen molar-refractivity contribution >= 4 is 18.1 Å². The van der Waals surface area contributed by atoms with Crippen molar-refractivity contribution in [2.45, 2.75) is 13.0 Å². The standard InChI is InChI=1S/C15H11NO4/c17-9-12-6-5-11(20-12)8-16-14(18)7-10-3-1-2-4-13(10)15(16)19/h1-6,9H,7-8H2. The number of fused-ring (bicyclic) bond motifs is 1. The SMILES string of the molecule is O=Cc1ccc(CN2C(=O)Cc3ccccc3C2=O)o1. The highest BCUT2D eigenvalue weighted by molar-refractivity contribution is 6.09. The van der Waals surface area contributed by atoms with Gasteiger partial charge in [0.15, 0.2) is 12.0 Å². The molecule has 2 heterocycles. The first-order valence-electron chi connectivity index (χ1n) is 6.15. The van der Waals surface area contributed by atoms with Gasteiger partial charge in [0.05, 0.1) is 13.0 Å². The quantitative estimate of drug-likeness (QED) is 0.629. The first-order chi connectivity index (χ1) is 9.69. The molecule has 1 aromatic heterocycles. The molecule has 1 aliphatic rings. The number of aldehydes is 1. The van der Waals surface area contributed by atoms with Gasteiger partial charge in [-0.1, -0.05) is 18.2 Å². The summed E-state index contributed by atoms with van der Waals surface area (Å²) in [5, 5.41) is 0. The Morgan fingerprint density at radius 1 is 1.15 bits per heavy atom. The van der Waals surface area contributed by atoms with E-state index in [0.717, 1.165) is 10.5 Å². The largest absolute Gasteiger partial charge is 0.456 e. The Morgan fingerprint density at radius 3 is 2.70 bits per heavy atom. The van der Waals surface area contributed by atoms with Gasteiger partial charge in [0.25, 0.3) is 5.91 Å². The third kappa shape index (κ3) is 2.03. The number of benzene rings is 1. The molecule has 0 N–H and O–H groups in total. The smallest absolute Gasteiger partial charge is 0.261 e. The highest BCUT2D eigenvalue weighted by Gasteiger charge is 2.31. The van der Waals surface area contributed by atoms with Crippen molar-refractivity contribution in [3.8, 4) is 0 Å². The number of imide groups is 1. The molecular formula is C15H11NO4. The summed E-state index contributed by atoms with van der Waals surface area (Å²) in [7, 11) is 0. The van der Waals surface area contributed by atoms with Crippen LogP contribution in [0, 0.1) is 0 Å². The average Bonchev–Trinajstić information content (AvgIpc) is 2.91. The van der Waals surface area contributed by atoms with Crippen molar-refractivity contribution in [1.82, 2.24) is 4.90 Å². The Morgan fingerprint density at radius 2 is 1.95 bits per heavy atom. The van der Waals surface area contributed by atoms with Gasteiger partial charge in [-0.3, -0.25) is 19.3 Å². The topological polar surface area (TPSA) is 67.6 Å². The number of nitrogens with zero attached hydrogens (tertiary/aromatic N) is 1. The van der Waals surface area contributed by atoms with Gasteiger partial charge in [-0.25, -0.2) is 0 Å². The lowest BCUT2D eigenvalue weighted by molar-refractivity contribution is -0.129. The van der Waals surface area contributed by atoms with Crippen molar-refractivity contribution in [3.05, 3.63) is 59.0 Å². The molecule has 1 aliphatic heterocycles. The van der Waals surface area contributed by atoms with Gasteiger partial charge in [0, 0.05) is 5.56 Å². The number of hydrogen-bond donors (Lipinski definition) is 0. The van der Waals surface area contributed by atoms with Crippen LogP contribution in [0.15, 0.2) is 40.8 Å². The fourth-order valence-corrected chi connectivity index (χ4v) is 2.26. The lowest BCUT2D eigenvalue weighted by Gasteiger charge is -2.25. The fourth-order valence-electron chi connectivity index (χ4n) is 2.26. The van der Waals surface area contributed by atoms with E-state index in [1.165, 1.54) is 6.07 Å². The number of hydrogen-bond acceptors (Lipinski definition) is 4.